The van der Waals surface area contributed by atoms with Crippen molar-refractivity contribution >= 4 is 36.4 Å². The number of nitrogens with one attached hydrogen (secondary N) is 1. The van der Waals surface area contributed by atoms with Gasteiger partial charge in [0.25, 0.3) is 0 Å². The van der Waals surface area contributed by atoms with Crippen molar-refractivity contribution < 1.29 is 4.79 Å². The Morgan fingerprint density at radius 1 is 1.47 bits per heavy atom. The van der Waals surface area contributed by atoms with Crippen molar-refractivity contribution in [3.05, 3.63) is 36.3 Å². The molecule has 0 saturated carbocycles. The topological polar surface area (TPSA) is 72.4 Å². The zero-order valence-electron chi connectivity index (χ0n) is 10.6. The van der Waals surface area contributed by atoms with Gasteiger partial charge in [0.05, 0.1) is 0 Å². The summed E-state index contributed by atoms with van der Waals surface area (Å²) < 4.78 is 1.92. The van der Waals surface area contributed by atoms with E-state index in [0.29, 0.717) is 13.0 Å². The van der Waals surface area contributed by atoms with Gasteiger partial charge in [-0.3, -0.25) is 4.79 Å². The number of carbonyl (C=O) groups is 1. The number of pyridine rings is 1. The zero-order chi connectivity index (χ0) is 12.3. The van der Waals surface area contributed by atoms with Crippen LogP contribution < -0.4 is 11.1 Å². The second-order valence-corrected chi connectivity index (χ2v) is 4.19. The smallest absolute Gasteiger partial charge is 0.221 e. The van der Waals surface area contributed by atoms with Gasteiger partial charge in [0.15, 0.2) is 0 Å². The van der Waals surface area contributed by atoms with Crippen LogP contribution in [0.4, 0.5) is 0 Å². The number of fused-ring (bicyclic) bond motifs is 1. The number of nitrogens with two attached hydrogens (primary N) is 1. The van der Waals surface area contributed by atoms with Crippen LogP contribution >= 0.6 is 24.8 Å². The molecule has 2 aromatic heterocycles. The van der Waals surface area contributed by atoms with Crippen LogP contribution in [-0.4, -0.2) is 21.3 Å². The van der Waals surface area contributed by atoms with Gasteiger partial charge in [-0.1, -0.05) is 0 Å². The Morgan fingerprint density at radius 3 is 2.89 bits per heavy atom. The van der Waals surface area contributed by atoms with Crippen molar-refractivity contribution in [1.29, 1.82) is 0 Å². The Labute approximate surface area is 124 Å². The number of amides is 1. The molecule has 2 aromatic rings. The first-order valence-corrected chi connectivity index (χ1v) is 5.59. The molecule has 0 fully saturated rings. The van der Waals surface area contributed by atoms with E-state index in [0.717, 1.165) is 11.2 Å². The highest BCUT2D eigenvalue weighted by atomic mass is 35.5. The molecule has 2 heterocycles. The third-order valence-electron chi connectivity index (χ3n) is 2.46. The van der Waals surface area contributed by atoms with Gasteiger partial charge < -0.3 is 15.5 Å². The lowest BCUT2D eigenvalue weighted by atomic mass is 10.2. The van der Waals surface area contributed by atoms with Gasteiger partial charge in [0.2, 0.25) is 5.91 Å². The number of nitrogens with zero attached hydrogens (tertiary/aromatic N) is 2. The number of carbonyl (C=O) groups excluding carboxylic acids is 1. The van der Waals surface area contributed by atoms with Crippen LogP contribution in [0.3, 0.4) is 0 Å². The minimum Gasteiger partial charge on any atom is -0.352 e. The van der Waals surface area contributed by atoms with Crippen molar-refractivity contribution in [2.75, 3.05) is 0 Å². The molecule has 1 unspecified atom stereocenters. The molecule has 0 aliphatic rings. The van der Waals surface area contributed by atoms with E-state index >= 15 is 0 Å². The highest BCUT2D eigenvalue weighted by Crippen LogP contribution is 2.05. The molecule has 0 bridgehead atoms. The number of hydrogen-bond donors (Lipinski definition) is 2. The van der Waals surface area contributed by atoms with E-state index in [9.17, 15) is 4.79 Å². The summed E-state index contributed by atoms with van der Waals surface area (Å²) in [4.78, 5) is 15.6. The number of halogens is 2. The van der Waals surface area contributed by atoms with E-state index in [1.165, 1.54) is 0 Å². The lowest BCUT2D eigenvalue weighted by Gasteiger charge is -2.07. The summed E-state index contributed by atoms with van der Waals surface area (Å²) >= 11 is 0. The summed E-state index contributed by atoms with van der Waals surface area (Å²) in [6, 6.07) is 3.80. The fourth-order valence-corrected chi connectivity index (χ4v) is 1.63. The van der Waals surface area contributed by atoms with E-state index in [1.54, 1.807) is 6.20 Å². The predicted molar refractivity (Wildman–Crippen MR) is 79.8 cm³/mol. The molecule has 2 rings (SSSR count). The quantitative estimate of drug-likeness (QED) is 0.900. The molecule has 0 aromatic carbocycles. The van der Waals surface area contributed by atoms with E-state index in [-0.39, 0.29) is 36.8 Å². The predicted octanol–water partition coefficient (Wildman–Crippen LogP) is 1.53. The maximum absolute atomic E-state index is 11.4. The maximum atomic E-state index is 11.4. The number of hydrogen-bond acceptors (Lipinski definition) is 3. The fraction of sp³-hybridized carbons (Fsp3) is 0.333. The van der Waals surface area contributed by atoms with Crippen molar-refractivity contribution in [1.82, 2.24) is 14.7 Å². The average Bonchev–Trinajstić information content (AvgIpc) is 2.72. The summed E-state index contributed by atoms with van der Waals surface area (Å²) in [6.07, 6.45) is 5.91. The Kier molecular flexibility index (Phi) is 7.44. The van der Waals surface area contributed by atoms with Crippen LogP contribution in [0, 0.1) is 0 Å². The van der Waals surface area contributed by atoms with Gasteiger partial charge in [-0.15, -0.1) is 24.8 Å². The summed E-state index contributed by atoms with van der Waals surface area (Å²) in [7, 11) is 0. The zero-order valence-corrected chi connectivity index (χ0v) is 12.2. The van der Waals surface area contributed by atoms with E-state index in [1.807, 2.05) is 35.9 Å². The standard InChI is InChI=1S/C12H16N4O.2ClH/c1-9(13)6-12(17)15-8-10-2-4-16-5-3-14-11(16)7-10;;/h2-5,7,9H,6,8,13H2,1H3,(H,15,17);2*1H. The Bertz CT molecular complexity index is 527. The van der Waals surface area contributed by atoms with Gasteiger partial charge in [0.1, 0.15) is 5.65 Å². The second-order valence-electron chi connectivity index (χ2n) is 4.19. The average molecular weight is 305 g/mol. The molecule has 3 N–H and O–H groups in total. The Balaban J connectivity index is 0.00000162. The normalized spacial score (nSPS) is 11.3. The van der Waals surface area contributed by atoms with Crippen LogP contribution in [0.15, 0.2) is 30.7 Å². The minimum absolute atomic E-state index is 0. The molecule has 0 saturated heterocycles. The molecule has 0 radical (unpaired) electrons. The molecule has 0 aliphatic carbocycles. The van der Waals surface area contributed by atoms with Gasteiger partial charge >= 0.3 is 0 Å². The van der Waals surface area contributed by atoms with E-state index in [4.69, 9.17) is 5.73 Å². The molecule has 0 aliphatic heterocycles. The molecule has 19 heavy (non-hydrogen) atoms. The molecule has 0 spiro atoms. The maximum Gasteiger partial charge on any atom is 0.221 e. The number of imidazole rings is 1. The van der Waals surface area contributed by atoms with Gasteiger partial charge in [-0.25, -0.2) is 4.98 Å². The molecule has 7 heteroatoms. The van der Waals surface area contributed by atoms with Gasteiger partial charge in [0, 0.05) is 37.6 Å². The van der Waals surface area contributed by atoms with Crippen molar-refractivity contribution in [3.8, 4) is 0 Å². The van der Waals surface area contributed by atoms with E-state index in [2.05, 4.69) is 10.3 Å². The summed E-state index contributed by atoms with van der Waals surface area (Å²) in [5, 5.41) is 2.83. The third kappa shape index (κ3) is 5.06. The lowest BCUT2D eigenvalue weighted by molar-refractivity contribution is -0.121. The summed E-state index contributed by atoms with van der Waals surface area (Å²) in [5.41, 5.74) is 7.46. The van der Waals surface area contributed by atoms with Crippen LogP contribution in [-0.2, 0) is 11.3 Å². The SMILES string of the molecule is CC(N)CC(=O)NCc1ccn2ccnc2c1.Cl.Cl. The highest BCUT2D eigenvalue weighted by Gasteiger charge is 2.04. The number of rotatable bonds is 4. The molecule has 106 valence electrons. The molecular weight excluding hydrogens is 287 g/mol. The highest BCUT2D eigenvalue weighted by molar-refractivity contribution is 5.85. The van der Waals surface area contributed by atoms with Crippen LogP contribution in [0.1, 0.15) is 18.9 Å². The van der Waals surface area contributed by atoms with Crippen LogP contribution in [0.5, 0.6) is 0 Å². The summed E-state index contributed by atoms with van der Waals surface area (Å²) in [6.45, 7) is 2.32. The second kappa shape index (κ2) is 7.99. The molecule has 1 amide bonds. The van der Waals surface area contributed by atoms with Gasteiger partial charge in [-0.2, -0.15) is 0 Å². The van der Waals surface area contributed by atoms with Crippen LogP contribution in [0.2, 0.25) is 0 Å². The van der Waals surface area contributed by atoms with E-state index < -0.39 is 0 Å². The fourth-order valence-electron chi connectivity index (χ4n) is 1.63. The Morgan fingerprint density at radius 2 is 2.21 bits per heavy atom. The molecular formula is C12H18Cl2N4O. The first-order valence-electron chi connectivity index (χ1n) is 5.59. The first-order chi connectivity index (χ1) is 8.15. The summed E-state index contributed by atoms with van der Waals surface area (Å²) in [5.74, 6) is -0.0248. The minimum atomic E-state index is -0.107. The van der Waals surface area contributed by atoms with Crippen molar-refractivity contribution in [2.45, 2.75) is 25.9 Å². The monoisotopic (exact) mass is 304 g/mol. The van der Waals surface area contributed by atoms with Crippen molar-refractivity contribution in [3.63, 3.8) is 0 Å². The van der Waals surface area contributed by atoms with Crippen molar-refractivity contribution in [2.24, 2.45) is 5.73 Å². The molecule has 1 atom stereocenters. The number of aromatic nitrogens is 2. The largest absolute Gasteiger partial charge is 0.352 e. The first kappa shape index (κ1) is 17.7. The van der Waals surface area contributed by atoms with Gasteiger partial charge in [-0.05, 0) is 24.6 Å². The Hall–Kier alpha value is -1.30. The third-order valence-corrected chi connectivity index (χ3v) is 2.46. The lowest BCUT2D eigenvalue weighted by Crippen LogP contribution is -2.29. The molecule has 5 nitrogen and oxygen atoms in total. The van der Waals surface area contributed by atoms with Crippen LogP contribution in [0.25, 0.3) is 5.65 Å².